The third-order valence-corrected chi connectivity index (χ3v) is 4.66. The fourth-order valence-electron chi connectivity index (χ4n) is 3.44. The molecular weight excluding hydrogens is 262 g/mol. The summed E-state index contributed by atoms with van der Waals surface area (Å²) in [5, 5.41) is 0. The highest BCUT2D eigenvalue weighted by Crippen LogP contribution is 2.23. The van der Waals surface area contributed by atoms with Gasteiger partial charge in [0.2, 0.25) is 5.91 Å². The third kappa shape index (κ3) is 5.44. The molecule has 2 aliphatic rings. The maximum absolute atomic E-state index is 12.2. The zero-order chi connectivity index (χ0) is 15.1. The number of likely N-dealkylation sites (N-methyl/N-ethyl adjacent to an activating group) is 1. The molecule has 1 heterocycles. The molecule has 1 saturated carbocycles. The molecule has 0 atom stereocenters. The van der Waals surface area contributed by atoms with E-state index >= 15 is 0 Å². The van der Waals surface area contributed by atoms with Crippen LogP contribution in [0.3, 0.4) is 0 Å². The van der Waals surface area contributed by atoms with Gasteiger partial charge in [-0.05, 0) is 33.4 Å². The van der Waals surface area contributed by atoms with E-state index in [-0.39, 0.29) is 5.91 Å². The summed E-state index contributed by atoms with van der Waals surface area (Å²) in [6, 6.07) is 0.776. The minimum Gasteiger partial charge on any atom is -0.338 e. The van der Waals surface area contributed by atoms with Crippen molar-refractivity contribution in [2.45, 2.75) is 44.6 Å². The van der Waals surface area contributed by atoms with Crippen molar-refractivity contribution in [3.63, 3.8) is 0 Å². The number of carbonyl (C=O) groups is 1. The van der Waals surface area contributed by atoms with E-state index in [0.717, 1.165) is 45.2 Å². The van der Waals surface area contributed by atoms with Crippen molar-refractivity contribution < 1.29 is 4.79 Å². The average Bonchev–Trinajstić information content (AvgIpc) is 2.73. The normalized spacial score (nSPS) is 22.9. The highest BCUT2D eigenvalue weighted by molar-refractivity contribution is 5.87. The zero-order valence-corrected chi connectivity index (χ0v) is 13.8. The van der Waals surface area contributed by atoms with Crippen LogP contribution in [0.5, 0.6) is 0 Å². The van der Waals surface area contributed by atoms with E-state index in [9.17, 15) is 4.79 Å². The van der Waals surface area contributed by atoms with Crippen LogP contribution in [-0.4, -0.2) is 73.5 Å². The summed E-state index contributed by atoms with van der Waals surface area (Å²) in [5.41, 5.74) is 0. The Hall–Kier alpha value is -0.870. The maximum Gasteiger partial charge on any atom is 0.246 e. The molecule has 4 heteroatoms. The Bertz CT molecular complexity index is 348. The van der Waals surface area contributed by atoms with Gasteiger partial charge < -0.3 is 9.80 Å². The second-order valence-electron chi connectivity index (χ2n) is 6.67. The molecule has 0 N–H and O–H groups in total. The lowest BCUT2D eigenvalue weighted by Crippen LogP contribution is -2.40. The molecule has 4 nitrogen and oxygen atoms in total. The topological polar surface area (TPSA) is 26.8 Å². The lowest BCUT2D eigenvalue weighted by Gasteiger charge is -2.33. The standard InChI is InChI=1S/C17H31N3O/c1-18(2)11-6-10-17(21)20-13-7-12-19(14-15-20)16-8-4-3-5-9-16/h6,10,16H,3-5,7-9,11-15H2,1-2H3/b10-6+. The van der Waals surface area contributed by atoms with Gasteiger partial charge in [0, 0.05) is 44.8 Å². The number of nitrogens with zero attached hydrogens (tertiary/aromatic N) is 3. The Morgan fingerprint density at radius 3 is 2.52 bits per heavy atom. The van der Waals surface area contributed by atoms with Crippen molar-refractivity contribution in [2.24, 2.45) is 0 Å². The first-order chi connectivity index (χ1) is 10.2. The summed E-state index contributed by atoms with van der Waals surface area (Å²) >= 11 is 0. The Morgan fingerprint density at radius 2 is 1.81 bits per heavy atom. The summed E-state index contributed by atoms with van der Waals surface area (Å²) in [6.07, 6.45) is 11.7. The molecule has 0 aromatic carbocycles. The van der Waals surface area contributed by atoms with E-state index in [4.69, 9.17) is 0 Å². The molecule has 1 amide bonds. The second-order valence-corrected chi connectivity index (χ2v) is 6.67. The van der Waals surface area contributed by atoms with Gasteiger partial charge in [-0.15, -0.1) is 0 Å². The summed E-state index contributed by atoms with van der Waals surface area (Å²) in [6.45, 7) is 4.84. The molecule has 0 aromatic rings. The fourth-order valence-corrected chi connectivity index (χ4v) is 3.44. The SMILES string of the molecule is CN(C)C/C=C/C(=O)N1CCCN(C2CCCCC2)CC1. The summed E-state index contributed by atoms with van der Waals surface area (Å²) in [7, 11) is 4.03. The molecule has 0 spiro atoms. The highest BCUT2D eigenvalue weighted by Gasteiger charge is 2.24. The van der Waals surface area contributed by atoms with E-state index in [1.165, 1.54) is 32.1 Å². The van der Waals surface area contributed by atoms with Gasteiger partial charge in [0.15, 0.2) is 0 Å². The summed E-state index contributed by atoms with van der Waals surface area (Å²) < 4.78 is 0. The highest BCUT2D eigenvalue weighted by atomic mass is 16.2. The molecule has 21 heavy (non-hydrogen) atoms. The molecule has 1 saturated heterocycles. The minimum absolute atomic E-state index is 0.183. The van der Waals surface area contributed by atoms with Gasteiger partial charge in [0.1, 0.15) is 0 Å². The van der Waals surface area contributed by atoms with Gasteiger partial charge in [0.25, 0.3) is 0 Å². The quantitative estimate of drug-likeness (QED) is 0.742. The first-order valence-corrected chi connectivity index (χ1v) is 8.51. The molecular formula is C17H31N3O. The van der Waals surface area contributed by atoms with Gasteiger partial charge in [0.05, 0.1) is 0 Å². The van der Waals surface area contributed by atoms with Crippen LogP contribution in [-0.2, 0) is 4.79 Å². The largest absolute Gasteiger partial charge is 0.338 e. The first-order valence-electron chi connectivity index (χ1n) is 8.51. The van der Waals surface area contributed by atoms with Crippen LogP contribution >= 0.6 is 0 Å². The Balaban J connectivity index is 1.79. The van der Waals surface area contributed by atoms with Crippen LogP contribution in [0.4, 0.5) is 0 Å². The van der Waals surface area contributed by atoms with E-state index in [2.05, 4.69) is 9.80 Å². The van der Waals surface area contributed by atoms with Gasteiger partial charge >= 0.3 is 0 Å². The van der Waals surface area contributed by atoms with Crippen molar-refractivity contribution in [1.29, 1.82) is 0 Å². The van der Waals surface area contributed by atoms with Gasteiger partial charge in [-0.2, -0.15) is 0 Å². The summed E-state index contributed by atoms with van der Waals surface area (Å²) in [5.74, 6) is 0.183. The molecule has 2 fully saturated rings. The van der Waals surface area contributed by atoms with Crippen LogP contribution in [0.25, 0.3) is 0 Å². The van der Waals surface area contributed by atoms with Gasteiger partial charge in [-0.3, -0.25) is 9.69 Å². The molecule has 0 aromatic heterocycles. The molecule has 120 valence electrons. The molecule has 0 unspecified atom stereocenters. The smallest absolute Gasteiger partial charge is 0.246 e. The molecule has 0 radical (unpaired) electrons. The van der Waals surface area contributed by atoms with E-state index in [1.54, 1.807) is 6.08 Å². The molecule has 2 rings (SSSR count). The Kier molecular flexibility index (Phi) is 6.71. The van der Waals surface area contributed by atoms with Crippen LogP contribution in [0.15, 0.2) is 12.2 Å². The molecule has 1 aliphatic heterocycles. The van der Waals surface area contributed by atoms with Gasteiger partial charge in [-0.1, -0.05) is 25.3 Å². The van der Waals surface area contributed by atoms with Crippen molar-refractivity contribution in [3.8, 4) is 0 Å². The number of hydrogen-bond donors (Lipinski definition) is 0. The minimum atomic E-state index is 0.183. The monoisotopic (exact) mass is 293 g/mol. The van der Waals surface area contributed by atoms with Crippen LogP contribution in [0, 0.1) is 0 Å². The van der Waals surface area contributed by atoms with Crippen LogP contribution < -0.4 is 0 Å². The van der Waals surface area contributed by atoms with Crippen molar-refractivity contribution in [1.82, 2.24) is 14.7 Å². The number of amides is 1. The molecule has 1 aliphatic carbocycles. The van der Waals surface area contributed by atoms with Crippen LogP contribution in [0.1, 0.15) is 38.5 Å². The van der Waals surface area contributed by atoms with Crippen molar-refractivity contribution >= 4 is 5.91 Å². The Morgan fingerprint density at radius 1 is 1.05 bits per heavy atom. The fraction of sp³-hybridized carbons (Fsp3) is 0.824. The summed E-state index contributed by atoms with van der Waals surface area (Å²) in [4.78, 5) is 18.9. The first kappa shape index (κ1) is 16.5. The van der Waals surface area contributed by atoms with Crippen molar-refractivity contribution in [2.75, 3.05) is 46.8 Å². The molecule has 0 bridgehead atoms. The predicted molar refractivity (Wildman–Crippen MR) is 87.3 cm³/mol. The van der Waals surface area contributed by atoms with E-state index in [0.29, 0.717) is 0 Å². The average molecular weight is 293 g/mol. The third-order valence-electron chi connectivity index (χ3n) is 4.66. The lowest BCUT2D eigenvalue weighted by atomic mass is 9.94. The van der Waals surface area contributed by atoms with E-state index < -0.39 is 0 Å². The van der Waals surface area contributed by atoms with E-state index in [1.807, 2.05) is 25.1 Å². The number of hydrogen-bond acceptors (Lipinski definition) is 3. The second kappa shape index (κ2) is 8.54. The van der Waals surface area contributed by atoms with Crippen molar-refractivity contribution in [3.05, 3.63) is 12.2 Å². The number of rotatable bonds is 4. The number of carbonyl (C=O) groups excluding carboxylic acids is 1. The Labute approximate surface area is 129 Å². The van der Waals surface area contributed by atoms with Gasteiger partial charge in [-0.25, -0.2) is 0 Å². The zero-order valence-electron chi connectivity index (χ0n) is 13.8. The predicted octanol–water partition coefficient (Wildman–Crippen LogP) is 1.97. The van der Waals surface area contributed by atoms with Crippen LogP contribution in [0.2, 0.25) is 0 Å². The maximum atomic E-state index is 12.2. The lowest BCUT2D eigenvalue weighted by molar-refractivity contribution is -0.125.